The number of esters is 2. The maximum atomic E-state index is 12.4. The average Bonchev–Trinajstić information content (AvgIpc) is 2.89. The molecule has 0 amide bonds. The van der Waals surface area contributed by atoms with Crippen LogP contribution >= 0.6 is 0 Å². The zero-order valence-corrected chi connectivity index (χ0v) is 15.4. The summed E-state index contributed by atoms with van der Waals surface area (Å²) in [6.45, 7) is 2.75. The Morgan fingerprint density at radius 3 is 1.85 bits per heavy atom. The van der Waals surface area contributed by atoms with Gasteiger partial charge in [-0.1, -0.05) is 6.08 Å². The third-order valence-electron chi connectivity index (χ3n) is 3.90. The van der Waals surface area contributed by atoms with Crippen molar-refractivity contribution in [1.29, 1.82) is 0 Å². The number of hydrogen-bond donors (Lipinski definition) is 0. The van der Waals surface area contributed by atoms with Crippen LogP contribution in [-0.4, -0.2) is 37.7 Å². The van der Waals surface area contributed by atoms with Gasteiger partial charge in [-0.2, -0.15) is 0 Å². The standard InChI is InChI=1S/C20H19NO6/c1-12(22)14-9-15(13(2)23)11-16(10-14)21-8-6-5-7-17(19(24)26-3)18(21)20(25)27-4/h5-11H,1-4H3. The number of methoxy groups -OCH3 is 2. The lowest BCUT2D eigenvalue weighted by atomic mass is 10.0. The van der Waals surface area contributed by atoms with Crippen LogP contribution in [0.25, 0.3) is 0 Å². The summed E-state index contributed by atoms with van der Waals surface area (Å²) in [5.41, 5.74) is 0.838. The highest BCUT2D eigenvalue weighted by molar-refractivity contribution is 6.06. The second-order valence-corrected chi connectivity index (χ2v) is 5.70. The third kappa shape index (κ3) is 4.20. The molecule has 1 aromatic carbocycles. The van der Waals surface area contributed by atoms with E-state index in [4.69, 9.17) is 9.47 Å². The number of ether oxygens (including phenoxy) is 2. The van der Waals surface area contributed by atoms with Gasteiger partial charge < -0.3 is 14.4 Å². The number of carbonyl (C=O) groups excluding carboxylic acids is 4. The fourth-order valence-corrected chi connectivity index (χ4v) is 2.52. The molecule has 1 aromatic rings. The summed E-state index contributed by atoms with van der Waals surface area (Å²) in [7, 11) is 2.39. The Bertz CT molecular complexity index is 875. The second kappa shape index (κ2) is 8.27. The molecular formula is C20H19NO6. The molecule has 0 fully saturated rings. The minimum Gasteiger partial charge on any atom is -0.465 e. The molecule has 0 bridgehead atoms. The normalized spacial score (nSPS) is 13.3. The fourth-order valence-electron chi connectivity index (χ4n) is 2.52. The summed E-state index contributed by atoms with van der Waals surface area (Å²) in [4.78, 5) is 49.8. The first-order chi connectivity index (χ1) is 12.8. The van der Waals surface area contributed by atoms with Crippen molar-refractivity contribution in [3.05, 3.63) is 65.0 Å². The molecule has 27 heavy (non-hydrogen) atoms. The Morgan fingerprint density at radius 2 is 1.37 bits per heavy atom. The minimum absolute atomic E-state index is 0.0213. The first-order valence-corrected chi connectivity index (χ1v) is 8.02. The largest absolute Gasteiger partial charge is 0.465 e. The first-order valence-electron chi connectivity index (χ1n) is 8.02. The first kappa shape index (κ1) is 19.8. The van der Waals surface area contributed by atoms with E-state index in [1.807, 2.05) is 0 Å². The molecular weight excluding hydrogens is 350 g/mol. The molecule has 0 aromatic heterocycles. The van der Waals surface area contributed by atoms with Gasteiger partial charge in [0, 0.05) is 23.0 Å². The molecule has 0 unspecified atom stereocenters. The van der Waals surface area contributed by atoms with Gasteiger partial charge in [-0.3, -0.25) is 9.59 Å². The van der Waals surface area contributed by atoms with Crippen LogP contribution in [0.2, 0.25) is 0 Å². The van der Waals surface area contributed by atoms with Crippen molar-refractivity contribution in [2.75, 3.05) is 19.1 Å². The van der Waals surface area contributed by atoms with E-state index in [2.05, 4.69) is 0 Å². The second-order valence-electron chi connectivity index (χ2n) is 5.70. The van der Waals surface area contributed by atoms with Gasteiger partial charge in [0.25, 0.3) is 0 Å². The summed E-state index contributed by atoms with van der Waals surface area (Å²) >= 11 is 0. The number of benzene rings is 1. The summed E-state index contributed by atoms with van der Waals surface area (Å²) in [5, 5.41) is 0. The Hall–Kier alpha value is -3.48. The lowest BCUT2D eigenvalue weighted by Gasteiger charge is -2.24. The molecule has 0 atom stereocenters. The predicted octanol–water partition coefficient (Wildman–Crippen LogP) is 2.58. The molecule has 0 radical (unpaired) electrons. The molecule has 0 N–H and O–H groups in total. The van der Waals surface area contributed by atoms with Crippen molar-refractivity contribution >= 4 is 29.2 Å². The summed E-state index contributed by atoms with van der Waals surface area (Å²) < 4.78 is 9.59. The molecule has 0 spiro atoms. The van der Waals surface area contributed by atoms with E-state index in [0.717, 1.165) is 0 Å². The van der Waals surface area contributed by atoms with Crippen LogP contribution in [0.5, 0.6) is 0 Å². The highest BCUT2D eigenvalue weighted by atomic mass is 16.5. The Kier molecular flexibility index (Phi) is 6.07. The number of Topliss-reactive ketones (excluding diaryl/α,β-unsaturated/α-hetero) is 2. The highest BCUT2D eigenvalue weighted by Gasteiger charge is 2.28. The van der Waals surface area contributed by atoms with Crippen LogP contribution < -0.4 is 4.90 Å². The van der Waals surface area contributed by atoms with E-state index in [-0.39, 0.29) is 22.8 Å². The van der Waals surface area contributed by atoms with Crippen molar-refractivity contribution in [2.24, 2.45) is 0 Å². The van der Waals surface area contributed by atoms with Crippen LogP contribution in [0, 0.1) is 0 Å². The lowest BCUT2D eigenvalue weighted by molar-refractivity contribution is -0.139. The van der Waals surface area contributed by atoms with Crippen LogP contribution in [-0.2, 0) is 19.1 Å². The van der Waals surface area contributed by atoms with Crippen LogP contribution in [0.4, 0.5) is 5.69 Å². The van der Waals surface area contributed by atoms with Crippen molar-refractivity contribution in [1.82, 2.24) is 0 Å². The van der Waals surface area contributed by atoms with Gasteiger partial charge in [0.05, 0.1) is 19.8 Å². The summed E-state index contributed by atoms with van der Waals surface area (Å²) in [5.74, 6) is -1.99. The van der Waals surface area contributed by atoms with Crippen molar-refractivity contribution in [3.63, 3.8) is 0 Å². The lowest BCUT2D eigenvalue weighted by Crippen LogP contribution is -2.27. The number of nitrogens with zero attached hydrogens (tertiary/aromatic N) is 1. The number of hydrogen-bond acceptors (Lipinski definition) is 7. The number of rotatable bonds is 5. The fraction of sp³-hybridized carbons (Fsp3) is 0.200. The molecule has 1 heterocycles. The van der Waals surface area contributed by atoms with E-state index in [1.165, 1.54) is 63.4 Å². The predicted molar refractivity (Wildman–Crippen MR) is 98.3 cm³/mol. The molecule has 0 saturated heterocycles. The quantitative estimate of drug-likeness (QED) is 0.582. The Labute approximate surface area is 156 Å². The van der Waals surface area contributed by atoms with Crippen LogP contribution in [0.15, 0.2) is 53.9 Å². The van der Waals surface area contributed by atoms with Gasteiger partial charge in [0.15, 0.2) is 11.6 Å². The van der Waals surface area contributed by atoms with E-state index < -0.39 is 11.9 Å². The van der Waals surface area contributed by atoms with Gasteiger partial charge in [-0.15, -0.1) is 0 Å². The van der Waals surface area contributed by atoms with Crippen molar-refractivity contribution < 1.29 is 28.7 Å². The molecule has 1 aliphatic rings. The van der Waals surface area contributed by atoms with E-state index in [9.17, 15) is 19.2 Å². The Balaban J connectivity index is 2.77. The van der Waals surface area contributed by atoms with Crippen molar-refractivity contribution in [3.8, 4) is 0 Å². The highest BCUT2D eigenvalue weighted by Crippen LogP contribution is 2.28. The van der Waals surface area contributed by atoms with Gasteiger partial charge in [-0.25, -0.2) is 9.59 Å². The SMILES string of the molecule is COC(=O)C1=C(C(=O)OC)N(c2cc(C(C)=O)cc(C(C)=O)c2)C=CC=C1. The maximum Gasteiger partial charge on any atom is 0.355 e. The zero-order chi connectivity index (χ0) is 20.1. The molecule has 2 rings (SSSR count). The number of ketones is 2. The molecule has 7 heteroatoms. The van der Waals surface area contributed by atoms with E-state index in [0.29, 0.717) is 16.8 Å². The van der Waals surface area contributed by atoms with E-state index in [1.54, 1.807) is 12.2 Å². The topological polar surface area (TPSA) is 90.0 Å². The van der Waals surface area contributed by atoms with Gasteiger partial charge in [0.2, 0.25) is 0 Å². The molecule has 7 nitrogen and oxygen atoms in total. The van der Waals surface area contributed by atoms with Gasteiger partial charge in [-0.05, 0) is 44.2 Å². The van der Waals surface area contributed by atoms with E-state index >= 15 is 0 Å². The van der Waals surface area contributed by atoms with Crippen molar-refractivity contribution in [2.45, 2.75) is 13.8 Å². The Morgan fingerprint density at radius 1 is 0.815 bits per heavy atom. The monoisotopic (exact) mass is 369 g/mol. The number of allylic oxidation sites excluding steroid dienone is 2. The zero-order valence-electron chi connectivity index (χ0n) is 15.4. The molecule has 140 valence electrons. The summed E-state index contributed by atoms with van der Waals surface area (Å²) in [6, 6.07) is 4.54. The molecule has 0 aliphatic carbocycles. The molecule has 0 saturated carbocycles. The average molecular weight is 369 g/mol. The molecule has 1 aliphatic heterocycles. The third-order valence-corrected chi connectivity index (χ3v) is 3.90. The number of anilines is 1. The smallest absolute Gasteiger partial charge is 0.355 e. The van der Waals surface area contributed by atoms with Crippen LogP contribution in [0.3, 0.4) is 0 Å². The van der Waals surface area contributed by atoms with Gasteiger partial charge in [0.1, 0.15) is 5.70 Å². The maximum absolute atomic E-state index is 12.4. The number of carbonyl (C=O) groups is 4. The summed E-state index contributed by atoms with van der Waals surface area (Å²) in [6.07, 6.45) is 6.12. The van der Waals surface area contributed by atoms with Gasteiger partial charge >= 0.3 is 11.9 Å². The minimum atomic E-state index is -0.774. The van der Waals surface area contributed by atoms with Crippen LogP contribution in [0.1, 0.15) is 34.6 Å².